The van der Waals surface area contributed by atoms with Crippen molar-refractivity contribution in [2.75, 3.05) is 19.0 Å². The van der Waals surface area contributed by atoms with E-state index in [-0.39, 0.29) is 5.69 Å². The lowest BCUT2D eigenvalue weighted by atomic mass is 10.2. The zero-order chi connectivity index (χ0) is 15.6. The van der Waals surface area contributed by atoms with Crippen LogP contribution >= 0.6 is 23.2 Å². The van der Waals surface area contributed by atoms with E-state index in [4.69, 9.17) is 27.9 Å². The van der Waals surface area contributed by atoms with E-state index in [2.05, 4.69) is 0 Å². The summed E-state index contributed by atoms with van der Waals surface area (Å²) in [6, 6.07) is 9.37. The Hall–Kier alpha value is -1.98. The van der Waals surface area contributed by atoms with Crippen molar-refractivity contribution < 1.29 is 9.66 Å². The summed E-state index contributed by atoms with van der Waals surface area (Å²) in [4.78, 5) is 12.2. The van der Waals surface area contributed by atoms with Crippen LogP contribution in [-0.4, -0.2) is 19.0 Å². The Morgan fingerprint density at radius 1 is 1.14 bits per heavy atom. The molecule has 0 radical (unpaired) electrons. The molecule has 0 spiro atoms. The van der Waals surface area contributed by atoms with Gasteiger partial charge in [0.1, 0.15) is 17.2 Å². The SMILES string of the molecule is CN(C)c1cc(Oc2ccc(Cl)cc2Cl)ccc1[N+](=O)[O-]. The lowest BCUT2D eigenvalue weighted by Crippen LogP contribution is -2.11. The van der Waals surface area contributed by atoms with Crippen LogP contribution in [0.15, 0.2) is 36.4 Å². The van der Waals surface area contributed by atoms with Crippen molar-refractivity contribution in [3.05, 3.63) is 56.6 Å². The Morgan fingerprint density at radius 3 is 2.43 bits per heavy atom. The molecule has 0 bridgehead atoms. The van der Waals surface area contributed by atoms with Crippen LogP contribution in [-0.2, 0) is 0 Å². The largest absolute Gasteiger partial charge is 0.456 e. The highest BCUT2D eigenvalue weighted by Crippen LogP contribution is 2.35. The molecule has 0 heterocycles. The summed E-state index contributed by atoms with van der Waals surface area (Å²) in [6.07, 6.45) is 0. The molecule has 0 fully saturated rings. The van der Waals surface area contributed by atoms with Gasteiger partial charge >= 0.3 is 0 Å². The Balaban J connectivity index is 2.37. The molecule has 0 aliphatic rings. The maximum absolute atomic E-state index is 11.0. The average molecular weight is 327 g/mol. The molecule has 21 heavy (non-hydrogen) atoms. The molecule has 7 heteroatoms. The number of nitrogens with zero attached hydrogens (tertiary/aromatic N) is 2. The van der Waals surface area contributed by atoms with Crippen molar-refractivity contribution in [3.8, 4) is 11.5 Å². The van der Waals surface area contributed by atoms with Crippen molar-refractivity contribution in [2.45, 2.75) is 0 Å². The second-order valence-electron chi connectivity index (χ2n) is 4.48. The summed E-state index contributed by atoms with van der Waals surface area (Å²) in [6.45, 7) is 0. The molecule has 0 aromatic heterocycles. The molecule has 0 amide bonds. The highest BCUT2D eigenvalue weighted by Gasteiger charge is 2.17. The monoisotopic (exact) mass is 326 g/mol. The lowest BCUT2D eigenvalue weighted by Gasteiger charge is -2.14. The first-order chi connectivity index (χ1) is 9.88. The maximum atomic E-state index is 11.0. The fraction of sp³-hybridized carbons (Fsp3) is 0.143. The number of rotatable bonds is 4. The van der Waals surface area contributed by atoms with E-state index in [1.54, 1.807) is 43.3 Å². The Labute approximate surface area is 131 Å². The third kappa shape index (κ3) is 3.56. The van der Waals surface area contributed by atoms with Gasteiger partial charge in [-0.1, -0.05) is 23.2 Å². The molecule has 0 N–H and O–H groups in total. The average Bonchev–Trinajstić information content (AvgIpc) is 2.41. The summed E-state index contributed by atoms with van der Waals surface area (Å²) in [5, 5.41) is 11.9. The molecule has 0 aliphatic heterocycles. The van der Waals surface area contributed by atoms with Crippen molar-refractivity contribution in [1.82, 2.24) is 0 Å². The van der Waals surface area contributed by atoms with Gasteiger partial charge < -0.3 is 9.64 Å². The molecule has 0 aliphatic carbocycles. The molecule has 0 saturated heterocycles. The van der Waals surface area contributed by atoms with Crippen LogP contribution in [0.4, 0.5) is 11.4 Å². The summed E-state index contributed by atoms with van der Waals surface area (Å²) in [5.41, 5.74) is 0.456. The van der Waals surface area contributed by atoms with Crippen LogP contribution in [0.5, 0.6) is 11.5 Å². The fourth-order valence-electron chi connectivity index (χ4n) is 1.76. The van der Waals surface area contributed by atoms with Gasteiger partial charge in [-0.25, -0.2) is 0 Å². The minimum absolute atomic E-state index is 0.00885. The second kappa shape index (κ2) is 6.20. The lowest BCUT2D eigenvalue weighted by molar-refractivity contribution is -0.384. The van der Waals surface area contributed by atoms with E-state index in [0.29, 0.717) is 27.2 Å². The zero-order valence-electron chi connectivity index (χ0n) is 11.3. The number of anilines is 1. The number of hydrogen-bond acceptors (Lipinski definition) is 4. The number of hydrogen-bond donors (Lipinski definition) is 0. The highest BCUT2D eigenvalue weighted by molar-refractivity contribution is 6.35. The standard InChI is InChI=1S/C14H12Cl2N2O3/c1-17(2)13-8-10(4-5-12(13)18(19)20)21-14-6-3-9(15)7-11(14)16/h3-8H,1-2H3. The van der Waals surface area contributed by atoms with E-state index in [1.165, 1.54) is 12.1 Å². The number of nitro benzene ring substituents is 1. The normalized spacial score (nSPS) is 10.3. The van der Waals surface area contributed by atoms with E-state index < -0.39 is 4.92 Å². The molecule has 0 atom stereocenters. The Bertz CT molecular complexity index is 690. The van der Waals surface area contributed by atoms with Crippen LogP contribution in [0.2, 0.25) is 10.0 Å². The van der Waals surface area contributed by atoms with Gasteiger partial charge in [0.05, 0.1) is 9.95 Å². The quantitative estimate of drug-likeness (QED) is 0.600. The van der Waals surface area contributed by atoms with E-state index in [0.717, 1.165) is 0 Å². The molecule has 2 aromatic carbocycles. The second-order valence-corrected chi connectivity index (χ2v) is 5.32. The molecule has 5 nitrogen and oxygen atoms in total. The molecule has 0 saturated carbocycles. The van der Waals surface area contributed by atoms with Gasteiger partial charge in [0.2, 0.25) is 0 Å². The van der Waals surface area contributed by atoms with Gasteiger partial charge in [0.15, 0.2) is 0 Å². The van der Waals surface area contributed by atoms with E-state index in [9.17, 15) is 10.1 Å². The number of nitro groups is 1. The first-order valence-corrected chi connectivity index (χ1v) is 6.72. The number of benzene rings is 2. The van der Waals surface area contributed by atoms with Crippen LogP contribution in [0.1, 0.15) is 0 Å². The van der Waals surface area contributed by atoms with Crippen LogP contribution in [0.3, 0.4) is 0 Å². The Kier molecular flexibility index (Phi) is 4.55. The van der Waals surface area contributed by atoms with Crippen molar-refractivity contribution >= 4 is 34.6 Å². The Morgan fingerprint density at radius 2 is 1.86 bits per heavy atom. The molecule has 110 valence electrons. The summed E-state index contributed by atoms with van der Waals surface area (Å²) < 4.78 is 5.65. The van der Waals surface area contributed by atoms with Crippen molar-refractivity contribution in [2.24, 2.45) is 0 Å². The fourth-order valence-corrected chi connectivity index (χ4v) is 2.21. The van der Waals surface area contributed by atoms with Crippen molar-refractivity contribution in [3.63, 3.8) is 0 Å². The topological polar surface area (TPSA) is 55.6 Å². The van der Waals surface area contributed by atoms with Gasteiger partial charge in [-0.2, -0.15) is 0 Å². The third-order valence-corrected chi connectivity index (χ3v) is 3.28. The summed E-state index contributed by atoms with van der Waals surface area (Å²) >= 11 is 11.9. The molecule has 2 rings (SSSR count). The first kappa shape index (κ1) is 15.4. The smallest absolute Gasteiger partial charge is 0.292 e. The van der Waals surface area contributed by atoms with Gasteiger partial charge in [0, 0.05) is 31.3 Å². The van der Waals surface area contributed by atoms with Crippen LogP contribution in [0, 0.1) is 10.1 Å². The molecular weight excluding hydrogens is 315 g/mol. The number of ether oxygens (including phenoxy) is 1. The first-order valence-electron chi connectivity index (χ1n) is 5.97. The van der Waals surface area contributed by atoms with Crippen LogP contribution in [0.25, 0.3) is 0 Å². The summed E-state index contributed by atoms with van der Waals surface area (Å²) in [7, 11) is 3.45. The van der Waals surface area contributed by atoms with Gasteiger partial charge in [0.25, 0.3) is 5.69 Å². The minimum atomic E-state index is -0.436. The predicted octanol–water partition coefficient (Wildman–Crippen LogP) is 4.76. The predicted molar refractivity (Wildman–Crippen MR) is 84.0 cm³/mol. The van der Waals surface area contributed by atoms with E-state index in [1.807, 2.05) is 0 Å². The zero-order valence-corrected chi connectivity index (χ0v) is 12.9. The van der Waals surface area contributed by atoms with Crippen LogP contribution < -0.4 is 9.64 Å². The van der Waals surface area contributed by atoms with Crippen molar-refractivity contribution in [1.29, 1.82) is 0 Å². The third-order valence-electron chi connectivity index (χ3n) is 2.75. The molecular formula is C14H12Cl2N2O3. The highest BCUT2D eigenvalue weighted by atomic mass is 35.5. The molecule has 0 unspecified atom stereocenters. The molecule has 2 aromatic rings. The maximum Gasteiger partial charge on any atom is 0.292 e. The van der Waals surface area contributed by atoms with Gasteiger partial charge in [-0.05, 0) is 24.3 Å². The summed E-state index contributed by atoms with van der Waals surface area (Å²) in [5.74, 6) is 0.883. The van der Waals surface area contributed by atoms with Gasteiger partial charge in [-0.15, -0.1) is 0 Å². The van der Waals surface area contributed by atoms with E-state index >= 15 is 0 Å². The number of halogens is 2. The minimum Gasteiger partial charge on any atom is -0.456 e. The van der Waals surface area contributed by atoms with Gasteiger partial charge in [-0.3, -0.25) is 10.1 Å².